The first-order valence-electron chi connectivity index (χ1n) is 10.1. The first-order chi connectivity index (χ1) is 12.8. The van der Waals surface area contributed by atoms with Gasteiger partial charge in [0, 0.05) is 37.8 Å². The highest BCUT2D eigenvalue weighted by atomic mass is 19.1. The molecule has 0 aromatic rings. The van der Waals surface area contributed by atoms with Gasteiger partial charge in [-0.25, -0.2) is 4.39 Å². The van der Waals surface area contributed by atoms with E-state index in [-0.39, 0.29) is 25.4 Å². The van der Waals surface area contributed by atoms with Crippen LogP contribution in [0.2, 0.25) is 0 Å². The van der Waals surface area contributed by atoms with Gasteiger partial charge in [-0.1, -0.05) is 19.8 Å². The van der Waals surface area contributed by atoms with E-state index in [1.54, 1.807) is 4.90 Å². The number of esters is 2. The van der Waals surface area contributed by atoms with Crippen LogP contribution in [-0.4, -0.2) is 54.6 Å². The highest BCUT2D eigenvalue weighted by Crippen LogP contribution is 2.34. The lowest BCUT2D eigenvalue weighted by Crippen LogP contribution is -2.56. The first-order valence-corrected chi connectivity index (χ1v) is 10.1. The fourth-order valence-electron chi connectivity index (χ4n) is 3.47. The van der Waals surface area contributed by atoms with Crippen LogP contribution in [0.3, 0.4) is 0 Å². The maximum atomic E-state index is 14.7. The third-order valence-electron chi connectivity index (χ3n) is 4.94. The van der Waals surface area contributed by atoms with Crippen LogP contribution in [-0.2, 0) is 19.1 Å². The van der Waals surface area contributed by atoms with Gasteiger partial charge in [-0.3, -0.25) is 18.9 Å². The van der Waals surface area contributed by atoms with Crippen LogP contribution in [0.15, 0.2) is 0 Å². The number of rotatable bonds is 12. The molecule has 1 fully saturated rings. The molecule has 1 aliphatic rings. The SMILES string of the molecule is CCCCCC(=O)OCCN1C(F)CC(OC(=O)CCCCF)CC1(C)C. The predicted octanol–water partition coefficient (Wildman–Crippen LogP) is 4.33. The van der Waals surface area contributed by atoms with Gasteiger partial charge in [0.25, 0.3) is 0 Å². The van der Waals surface area contributed by atoms with E-state index < -0.39 is 30.6 Å². The molecule has 0 saturated carbocycles. The molecule has 0 amide bonds. The molecule has 0 aliphatic carbocycles. The summed E-state index contributed by atoms with van der Waals surface area (Å²) in [5.74, 6) is -0.639. The molecule has 1 aliphatic heterocycles. The quantitative estimate of drug-likeness (QED) is 0.282. The fourth-order valence-corrected chi connectivity index (χ4v) is 3.47. The zero-order valence-corrected chi connectivity index (χ0v) is 17.0. The largest absolute Gasteiger partial charge is 0.464 e. The van der Waals surface area contributed by atoms with Gasteiger partial charge in [0.2, 0.25) is 0 Å². The Morgan fingerprint density at radius 2 is 1.78 bits per heavy atom. The second-order valence-corrected chi connectivity index (χ2v) is 7.82. The Morgan fingerprint density at radius 3 is 2.41 bits per heavy atom. The van der Waals surface area contributed by atoms with E-state index in [0.717, 1.165) is 19.3 Å². The molecule has 0 spiro atoms. The lowest BCUT2D eigenvalue weighted by Gasteiger charge is -2.47. The Labute approximate surface area is 161 Å². The number of piperidine rings is 1. The molecule has 0 N–H and O–H groups in total. The number of carbonyl (C=O) groups is 2. The number of ether oxygens (including phenoxy) is 2. The van der Waals surface area contributed by atoms with Crippen LogP contribution < -0.4 is 0 Å². The van der Waals surface area contributed by atoms with Crippen LogP contribution >= 0.6 is 0 Å². The molecule has 0 bridgehead atoms. The first kappa shape index (κ1) is 23.8. The van der Waals surface area contributed by atoms with Crippen molar-refractivity contribution in [3.8, 4) is 0 Å². The van der Waals surface area contributed by atoms with Crippen LogP contribution in [0.1, 0.15) is 78.6 Å². The van der Waals surface area contributed by atoms with Crippen molar-refractivity contribution in [2.75, 3.05) is 19.8 Å². The molecule has 27 heavy (non-hydrogen) atoms. The molecule has 0 radical (unpaired) electrons. The smallest absolute Gasteiger partial charge is 0.306 e. The number of likely N-dealkylation sites (tertiary alicyclic amines) is 1. The van der Waals surface area contributed by atoms with Gasteiger partial charge in [-0.05, 0) is 33.1 Å². The molecule has 7 heteroatoms. The monoisotopic (exact) mass is 391 g/mol. The number of nitrogens with zero attached hydrogens (tertiary/aromatic N) is 1. The minimum absolute atomic E-state index is 0.0999. The number of carbonyl (C=O) groups excluding carboxylic acids is 2. The minimum atomic E-state index is -1.27. The maximum Gasteiger partial charge on any atom is 0.306 e. The second kappa shape index (κ2) is 12.3. The van der Waals surface area contributed by atoms with Crippen molar-refractivity contribution in [1.29, 1.82) is 0 Å². The number of hydrogen-bond acceptors (Lipinski definition) is 5. The molecule has 0 aromatic heterocycles. The molecule has 2 atom stereocenters. The normalized spacial score (nSPS) is 22.4. The summed E-state index contributed by atoms with van der Waals surface area (Å²) in [6.45, 7) is 5.87. The average Bonchev–Trinajstić information content (AvgIpc) is 2.57. The van der Waals surface area contributed by atoms with Gasteiger partial charge < -0.3 is 9.47 Å². The Morgan fingerprint density at radius 1 is 1.11 bits per heavy atom. The molecule has 1 heterocycles. The van der Waals surface area contributed by atoms with Gasteiger partial charge >= 0.3 is 11.9 Å². The molecule has 2 unspecified atom stereocenters. The Kier molecular flexibility index (Phi) is 10.8. The van der Waals surface area contributed by atoms with Crippen molar-refractivity contribution in [3.05, 3.63) is 0 Å². The van der Waals surface area contributed by atoms with E-state index in [0.29, 0.717) is 32.2 Å². The lowest BCUT2D eigenvalue weighted by molar-refractivity contribution is -0.164. The zero-order chi connectivity index (χ0) is 20.3. The standard InChI is InChI=1S/C20H35F2NO4/c1-4-5-6-9-18(24)26-13-12-23-17(22)14-16(15-20(23,2)3)27-19(25)10-7-8-11-21/h16-17H,4-15H2,1-3H3. The summed E-state index contributed by atoms with van der Waals surface area (Å²) in [6.07, 6.45) is 3.05. The van der Waals surface area contributed by atoms with E-state index in [9.17, 15) is 18.4 Å². The molecular formula is C20H35F2NO4. The molecule has 5 nitrogen and oxygen atoms in total. The molecule has 158 valence electrons. The third-order valence-corrected chi connectivity index (χ3v) is 4.94. The minimum Gasteiger partial charge on any atom is -0.464 e. The van der Waals surface area contributed by atoms with Gasteiger partial charge in [-0.2, -0.15) is 0 Å². The van der Waals surface area contributed by atoms with E-state index in [4.69, 9.17) is 9.47 Å². The van der Waals surface area contributed by atoms with Crippen molar-refractivity contribution in [1.82, 2.24) is 4.90 Å². The average molecular weight is 391 g/mol. The van der Waals surface area contributed by atoms with Gasteiger partial charge in [0.15, 0.2) is 6.30 Å². The van der Waals surface area contributed by atoms with Crippen molar-refractivity contribution in [3.63, 3.8) is 0 Å². The third kappa shape index (κ3) is 9.00. The number of alkyl halides is 2. The van der Waals surface area contributed by atoms with Gasteiger partial charge in [-0.15, -0.1) is 0 Å². The van der Waals surface area contributed by atoms with Gasteiger partial charge in [0.1, 0.15) is 12.7 Å². The van der Waals surface area contributed by atoms with Crippen LogP contribution in [0.25, 0.3) is 0 Å². The maximum absolute atomic E-state index is 14.7. The lowest BCUT2D eigenvalue weighted by atomic mass is 9.87. The van der Waals surface area contributed by atoms with Crippen LogP contribution in [0.5, 0.6) is 0 Å². The van der Waals surface area contributed by atoms with E-state index in [1.807, 2.05) is 13.8 Å². The number of halogens is 2. The summed E-state index contributed by atoms with van der Waals surface area (Å²) < 4.78 is 37.3. The number of hydrogen-bond donors (Lipinski definition) is 0. The fraction of sp³-hybridized carbons (Fsp3) is 0.900. The predicted molar refractivity (Wildman–Crippen MR) is 99.7 cm³/mol. The topological polar surface area (TPSA) is 55.8 Å². The van der Waals surface area contributed by atoms with E-state index in [2.05, 4.69) is 6.92 Å². The second-order valence-electron chi connectivity index (χ2n) is 7.82. The molecule has 0 aromatic carbocycles. The zero-order valence-electron chi connectivity index (χ0n) is 17.0. The summed E-state index contributed by atoms with van der Waals surface area (Å²) in [6, 6.07) is 0. The molecule has 1 rings (SSSR count). The van der Waals surface area contributed by atoms with Gasteiger partial charge in [0.05, 0.1) is 6.67 Å². The summed E-state index contributed by atoms with van der Waals surface area (Å²) in [5, 5.41) is 0. The van der Waals surface area contributed by atoms with Crippen LogP contribution in [0.4, 0.5) is 8.78 Å². The molecular weight excluding hydrogens is 356 g/mol. The summed E-state index contributed by atoms with van der Waals surface area (Å²) in [4.78, 5) is 25.1. The van der Waals surface area contributed by atoms with E-state index in [1.165, 1.54) is 0 Å². The van der Waals surface area contributed by atoms with Crippen molar-refractivity contribution in [2.24, 2.45) is 0 Å². The Balaban J connectivity index is 2.40. The summed E-state index contributed by atoms with van der Waals surface area (Å²) in [5.41, 5.74) is -0.518. The van der Waals surface area contributed by atoms with Crippen LogP contribution in [0, 0.1) is 0 Å². The van der Waals surface area contributed by atoms with Crippen molar-refractivity contribution in [2.45, 2.75) is 96.5 Å². The highest BCUT2D eigenvalue weighted by molar-refractivity contribution is 5.69. The van der Waals surface area contributed by atoms with E-state index >= 15 is 0 Å². The summed E-state index contributed by atoms with van der Waals surface area (Å²) >= 11 is 0. The Hall–Kier alpha value is -1.24. The molecule has 1 saturated heterocycles. The van der Waals surface area contributed by atoms with Crippen molar-refractivity contribution >= 4 is 11.9 Å². The summed E-state index contributed by atoms with van der Waals surface area (Å²) in [7, 11) is 0. The Bertz CT molecular complexity index is 459. The highest BCUT2D eigenvalue weighted by Gasteiger charge is 2.42. The number of unbranched alkanes of at least 4 members (excludes halogenated alkanes) is 3. The van der Waals surface area contributed by atoms with Crippen molar-refractivity contribution < 1.29 is 27.8 Å².